The van der Waals surface area contributed by atoms with Crippen LogP contribution >= 0.6 is 0 Å². The number of sulfonamides is 1. The fraction of sp³-hybridized carbons (Fsp3) is 0.500. The lowest BCUT2D eigenvalue weighted by atomic mass is 9.97. The number of nitrogens with zero attached hydrogens (tertiary/aromatic N) is 2. The van der Waals surface area contributed by atoms with Crippen molar-refractivity contribution in [1.82, 2.24) is 10.2 Å². The maximum Gasteiger partial charge on any atom is 0.331 e. The molecule has 0 saturated heterocycles. The molecule has 1 aromatic rings. The average Bonchev–Trinajstić information content (AvgIpc) is 3.19. The summed E-state index contributed by atoms with van der Waals surface area (Å²) in [5.74, 6) is -0.570. The van der Waals surface area contributed by atoms with Gasteiger partial charge >= 0.3 is 5.97 Å². The van der Waals surface area contributed by atoms with E-state index in [9.17, 15) is 18.0 Å². The molecule has 8 nitrogen and oxygen atoms in total. The molecule has 1 aliphatic carbocycles. The number of carbonyl (C=O) groups is 2. The number of carbonyl (C=O) groups excluding carboxylic acids is 2. The van der Waals surface area contributed by atoms with E-state index < -0.39 is 21.5 Å². The lowest BCUT2D eigenvalue weighted by molar-refractivity contribution is -0.153. The van der Waals surface area contributed by atoms with Crippen LogP contribution in [0.2, 0.25) is 0 Å². The minimum absolute atomic E-state index is 0.121. The van der Waals surface area contributed by atoms with Crippen molar-refractivity contribution in [2.24, 2.45) is 4.40 Å². The molecule has 1 aromatic carbocycles. The zero-order chi connectivity index (χ0) is 19.7. The molecule has 0 spiro atoms. The lowest BCUT2D eigenvalue weighted by Gasteiger charge is -2.29. The number of esters is 1. The minimum Gasteiger partial charge on any atom is -0.464 e. The van der Waals surface area contributed by atoms with Crippen molar-refractivity contribution in [1.29, 1.82) is 0 Å². The smallest absolute Gasteiger partial charge is 0.331 e. The van der Waals surface area contributed by atoms with Crippen LogP contribution in [0.5, 0.6) is 0 Å². The van der Waals surface area contributed by atoms with E-state index in [1.165, 1.54) is 11.0 Å². The highest BCUT2D eigenvalue weighted by molar-refractivity contribution is 7.90. The normalized spacial score (nSPS) is 19.1. The summed E-state index contributed by atoms with van der Waals surface area (Å²) in [4.78, 5) is 26.5. The SMILES string of the molecule is CCOC(=O)C1(NC(=O)CN(C)C2=NS(=O)(=O)c3ccccc32)CCCC1. The third-order valence-corrected chi connectivity index (χ3v) is 6.18. The first-order valence-electron chi connectivity index (χ1n) is 8.93. The van der Waals surface area contributed by atoms with Crippen molar-refractivity contribution < 1.29 is 22.7 Å². The molecule has 0 aromatic heterocycles. The minimum atomic E-state index is -3.75. The van der Waals surface area contributed by atoms with Crippen molar-refractivity contribution in [3.8, 4) is 0 Å². The zero-order valence-electron chi connectivity index (χ0n) is 15.4. The summed E-state index contributed by atoms with van der Waals surface area (Å²) in [6.45, 7) is 1.86. The third kappa shape index (κ3) is 3.69. The predicted molar refractivity (Wildman–Crippen MR) is 98.8 cm³/mol. The van der Waals surface area contributed by atoms with E-state index in [4.69, 9.17) is 4.74 Å². The number of likely N-dealkylation sites (N-methyl/N-ethyl adjacent to an activating group) is 1. The fourth-order valence-corrected chi connectivity index (χ4v) is 4.84. The van der Waals surface area contributed by atoms with Gasteiger partial charge in [-0.15, -0.1) is 4.40 Å². The molecule has 3 rings (SSSR count). The molecule has 9 heteroatoms. The molecule has 1 N–H and O–H groups in total. The third-order valence-electron chi connectivity index (χ3n) is 4.86. The van der Waals surface area contributed by atoms with Crippen LogP contribution in [0.3, 0.4) is 0 Å². The topological polar surface area (TPSA) is 105 Å². The number of amides is 1. The Morgan fingerprint density at radius 2 is 1.93 bits per heavy atom. The highest BCUT2D eigenvalue weighted by atomic mass is 32.2. The molecule has 146 valence electrons. The summed E-state index contributed by atoms with van der Waals surface area (Å²) in [5.41, 5.74) is -0.524. The van der Waals surface area contributed by atoms with Gasteiger partial charge in [0, 0.05) is 12.6 Å². The van der Waals surface area contributed by atoms with Gasteiger partial charge in [0.1, 0.15) is 10.4 Å². The molecule has 0 atom stereocenters. The van der Waals surface area contributed by atoms with Gasteiger partial charge in [0.05, 0.1) is 13.2 Å². The van der Waals surface area contributed by atoms with Gasteiger partial charge in [-0.2, -0.15) is 8.42 Å². The standard InChI is InChI=1S/C18H23N3O5S/c1-3-26-17(23)18(10-6-7-11-18)19-15(22)12-21(2)16-13-8-4-5-9-14(13)27(24,25)20-16/h4-5,8-9H,3,6-7,10-12H2,1-2H3,(H,19,22). The van der Waals surface area contributed by atoms with Crippen LogP contribution in [0.25, 0.3) is 0 Å². The molecular formula is C18H23N3O5S. The van der Waals surface area contributed by atoms with Crippen LogP contribution in [-0.4, -0.2) is 56.8 Å². The molecule has 1 amide bonds. The molecular weight excluding hydrogens is 370 g/mol. The van der Waals surface area contributed by atoms with Gasteiger partial charge in [-0.3, -0.25) is 4.79 Å². The molecule has 2 aliphatic rings. The second kappa shape index (κ2) is 7.30. The second-order valence-electron chi connectivity index (χ2n) is 6.80. The van der Waals surface area contributed by atoms with Crippen LogP contribution in [0.1, 0.15) is 38.2 Å². The lowest BCUT2D eigenvalue weighted by Crippen LogP contribution is -2.55. The summed E-state index contributed by atoms with van der Waals surface area (Å²) in [6.07, 6.45) is 2.76. The highest BCUT2D eigenvalue weighted by Gasteiger charge is 2.44. The van der Waals surface area contributed by atoms with Crippen LogP contribution < -0.4 is 5.32 Å². The summed E-state index contributed by atoms with van der Waals surface area (Å²) in [6, 6.07) is 6.50. The first-order valence-corrected chi connectivity index (χ1v) is 10.4. The van der Waals surface area contributed by atoms with Crippen molar-refractivity contribution in [2.45, 2.75) is 43.0 Å². The van der Waals surface area contributed by atoms with E-state index in [2.05, 4.69) is 9.71 Å². The van der Waals surface area contributed by atoms with E-state index in [1.54, 1.807) is 32.2 Å². The molecule has 0 radical (unpaired) electrons. The fourth-order valence-electron chi connectivity index (χ4n) is 3.59. The Labute approximate surface area is 158 Å². The Bertz CT molecular complexity index is 888. The zero-order valence-corrected chi connectivity index (χ0v) is 16.2. The van der Waals surface area contributed by atoms with E-state index in [-0.39, 0.29) is 29.8 Å². The monoisotopic (exact) mass is 393 g/mol. The molecule has 0 bridgehead atoms. The molecule has 1 saturated carbocycles. The number of rotatable bonds is 5. The summed E-state index contributed by atoms with van der Waals surface area (Å²) >= 11 is 0. The molecule has 1 heterocycles. The largest absolute Gasteiger partial charge is 0.464 e. The average molecular weight is 393 g/mol. The molecule has 27 heavy (non-hydrogen) atoms. The molecule has 0 unspecified atom stereocenters. The number of ether oxygens (including phenoxy) is 1. The van der Waals surface area contributed by atoms with Gasteiger partial charge in [-0.25, -0.2) is 4.79 Å². The summed E-state index contributed by atoms with van der Waals surface area (Å²) in [7, 11) is -2.15. The quantitative estimate of drug-likeness (QED) is 0.750. The van der Waals surface area contributed by atoms with Gasteiger partial charge in [0.25, 0.3) is 10.0 Å². The van der Waals surface area contributed by atoms with Crippen molar-refractivity contribution in [3.05, 3.63) is 29.8 Å². The first-order chi connectivity index (χ1) is 12.8. The van der Waals surface area contributed by atoms with Gasteiger partial charge in [-0.1, -0.05) is 25.0 Å². The van der Waals surface area contributed by atoms with Crippen LogP contribution in [-0.2, 0) is 24.3 Å². The maximum absolute atomic E-state index is 12.6. The Hall–Kier alpha value is -2.42. The molecule has 1 aliphatic heterocycles. The Balaban J connectivity index is 1.74. The number of hydrogen-bond donors (Lipinski definition) is 1. The van der Waals surface area contributed by atoms with E-state index in [0.29, 0.717) is 18.4 Å². The number of hydrogen-bond acceptors (Lipinski definition) is 6. The Kier molecular flexibility index (Phi) is 5.23. The van der Waals surface area contributed by atoms with E-state index >= 15 is 0 Å². The van der Waals surface area contributed by atoms with Crippen LogP contribution in [0.15, 0.2) is 33.6 Å². The number of amidine groups is 1. The van der Waals surface area contributed by atoms with Crippen LogP contribution in [0, 0.1) is 0 Å². The van der Waals surface area contributed by atoms with Gasteiger partial charge < -0.3 is 15.0 Å². The van der Waals surface area contributed by atoms with Crippen molar-refractivity contribution >= 4 is 27.7 Å². The molecule has 1 fully saturated rings. The van der Waals surface area contributed by atoms with Gasteiger partial charge in [0.15, 0.2) is 5.84 Å². The Morgan fingerprint density at radius 1 is 1.26 bits per heavy atom. The van der Waals surface area contributed by atoms with Crippen LogP contribution in [0.4, 0.5) is 0 Å². The van der Waals surface area contributed by atoms with Crippen molar-refractivity contribution in [3.63, 3.8) is 0 Å². The Morgan fingerprint density at radius 3 is 2.59 bits per heavy atom. The number of benzene rings is 1. The first kappa shape index (κ1) is 19.3. The summed E-state index contributed by atoms with van der Waals surface area (Å²) in [5, 5.41) is 2.82. The van der Waals surface area contributed by atoms with Gasteiger partial charge in [0.2, 0.25) is 5.91 Å². The second-order valence-corrected chi connectivity index (χ2v) is 8.37. The summed E-state index contributed by atoms with van der Waals surface area (Å²) < 4.78 is 33.3. The van der Waals surface area contributed by atoms with E-state index in [1.807, 2.05) is 0 Å². The van der Waals surface area contributed by atoms with Gasteiger partial charge in [-0.05, 0) is 31.9 Å². The predicted octanol–water partition coefficient (Wildman–Crippen LogP) is 1.06. The van der Waals surface area contributed by atoms with E-state index in [0.717, 1.165) is 12.8 Å². The number of nitrogens with one attached hydrogen (secondary N) is 1. The highest BCUT2D eigenvalue weighted by Crippen LogP contribution is 2.31. The number of fused-ring (bicyclic) bond motifs is 1. The maximum atomic E-state index is 12.6. The van der Waals surface area contributed by atoms with Crippen molar-refractivity contribution in [2.75, 3.05) is 20.2 Å².